The second kappa shape index (κ2) is 6.60. The Balaban J connectivity index is 1.33. The van der Waals surface area contributed by atoms with E-state index >= 15 is 0 Å². The van der Waals surface area contributed by atoms with E-state index in [1.165, 1.54) is 37.2 Å². The summed E-state index contributed by atoms with van der Waals surface area (Å²) >= 11 is 6.52. The van der Waals surface area contributed by atoms with Gasteiger partial charge in [0.05, 0.1) is 22.8 Å². The zero-order valence-electron chi connectivity index (χ0n) is 14.6. The molecule has 2 unspecified atom stereocenters. The molecule has 0 aliphatic carbocycles. The number of rotatable bonds is 4. The Morgan fingerprint density at radius 1 is 1.12 bits per heavy atom. The Bertz CT molecular complexity index is 830. The fraction of sp³-hybridized carbons (Fsp3) is 0.381. The van der Waals surface area contributed by atoms with Crippen molar-refractivity contribution in [3.63, 3.8) is 0 Å². The van der Waals surface area contributed by atoms with Gasteiger partial charge in [0.15, 0.2) is 0 Å². The molecule has 4 aliphatic rings. The number of hydrazone groups is 1. The predicted octanol–water partition coefficient (Wildman–Crippen LogP) is 4.01. The van der Waals surface area contributed by atoms with Crippen LogP contribution in [0.1, 0.15) is 30.0 Å². The summed E-state index contributed by atoms with van der Waals surface area (Å²) in [5.41, 5.74) is 7.02. The van der Waals surface area contributed by atoms with Crippen LogP contribution < -0.4 is 10.2 Å². The van der Waals surface area contributed by atoms with Gasteiger partial charge in [0.2, 0.25) is 0 Å². The fourth-order valence-corrected chi connectivity index (χ4v) is 4.72. The van der Waals surface area contributed by atoms with Crippen LogP contribution in [0.25, 0.3) is 0 Å². The number of ether oxygens (including phenoxy) is 1. The molecule has 2 aromatic rings. The van der Waals surface area contributed by atoms with Gasteiger partial charge < -0.3 is 10.2 Å². The maximum absolute atomic E-state index is 6.52. The van der Waals surface area contributed by atoms with Crippen molar-refractivity contribution in [1.29, 1.82) is 0 Å². The van der Waals surface area contributed by atoms with Gasteiger partial charge in [-0.2, -0.15) is 5.10 Å². The molecule has 0 spiro atoms. The van der Waals surface area contributed by atoms with E-state index in [4.69, 9.17) is 16.3 Å². The molecule has 0 aromatic heterocycles. The maximum atomic E-state index is 6.52. The highest BCUT2D eigenvalue weighted by Crippen LogP contribution is 2.40. The van der Waals surface area contributed by atoms with Crippen LogP contribution in [0.4, 0.5) is 0 Å². The molecule has 0 saturated carbocycles. The van der Waals surface area contributed by atoms with Crippen LogP contribution in [0.2, 0.25) is 5.02 Å². The van der Waals surface area contributed by atoms with E-state index in [0.717, 1.165) is 11.3 Å². The third-order valence-corrected chi connectivity index (χ3v) is 6.14. The van der Waals surface area contributed by atoms with E-state index in [1.807, 2.05) is 30.3 Å². The Morgan fingerprint density at radius 3 is 2.69 bits per heavy atom. The molecule has 0 amide bonds. The summed E-state index contributed by atoms with van der Waals surface area (Å²) in [5.74, 6) is 1.38. The van der Waals surface area contributed by atoms with E-state index in [-0.39, 0.29) is 6.04 Å². The average Bonchev–Trinajstić information content (AvgIpc) is 3.16. The third kappa shape index (κ3) is 2.78. The Labute approximate surface area is 158 Å². The lowest BCUT2D eigenvalue weighted by Crippen LogP contribution is -2.56. The molecule has 26 heavy (non-hydrogen) atoms. The lowest BCUT2D eigenvalue weighted by atomic mass is 9.78. The van der Waals surface area contributed by atoms with E-state index < -0.39 is 0 Å². The molecule has 134 valence electrons. The first-order valence-corrected chi connectivity index (χ1v) is 9.70. The summed E-state index contributed by atoms with van der Waals surface area (Å²) in [6.07, 6.45) is 2.49. The van der Waals surface area contributed by atoms with Crippen molar-refractivity contribution in [1.82, 2.24) is 10.3 Å². The van der Waals surface area contributed by atoms with Crippen LogP contribution >= 0.6 is 11.6 Å². The number of piperidine rings is 3. The Kier molecular flexibility index (Phi) is 4.10. The number of fused-ring (bicyclic) bond motifs is 2. The van der Waals surface area contributed by atoms with Crippen molar-refractivity contribution < 1.29 is 4.74 Å². The summed E-state index contributed by atoms with van der Waals surface area (Å²) in [7, 11) is 0. The smallest absolute Gasteiger partial charge is 0.138 e. The van der Waals surface area contributed by atoms with Crippen LogP contribution in [-0.2, 0) is 6.61 Å². The molecule has 2 bridgehead atoms. The van der Waals surface area contributed by atoms with E-state index in [1.54, 1.807) is 0 Å². The van der Waals surface area contributed by atoms with Crippen LogP contribution in [0.15, 0.2) is 53.6 Å². The van der Waals surface area contributed by atoms with Gasteiger partial charge in [0, 0.05) is 5.92 Å². The molecule has 3 fully saturated rings. The van der Waals surface area contributed by atoms with Crippen molar-refractivity contribution in [3.05, 3.63) is 64.7 Å². The van der Waals surface area contributed by atoms with Gasteiger partial charge in [-0.05, 0) is 49.2 Å². The first-order valence-electron chi connectivity index (χ1n) is 9.33. The molecule has 4 aliphatic heterocycles. The average molecular weight is 368 g/mol. The van der Waals surface area contributed by atoms with Crippen molar-refractivity contribution in [2.75, 3.05) is 13.1 Å². The lowest BCUT2D eigenvalue weighted by molar-refractivity contribution is 0.133. The minimum atomic E-state index is 0.189. The van der Waals surface area contributed by atoms with Crippen LogP contribution in [0, 0.1) is 5.92 Å². The molecule has 2 atom stereocenters. The predicted molar refractivity (Wildman–Crippen MR) is 104 cm³/mol. The van der Waals surface area contributed by atoms with Crippen LogP contribution in [-0.4, -0.2) is 29.7 Å². The van der Waals surface area contributed by atoms with Gasteiger partial charge in [0.25, 0.3) is 0 Å². The van der Waals surface area contributed by atoms with Crippen LogP contribution in [0.3, 0.4) is 0 Å². The number of nitrogens with zero attached hydrogens (tertiary/aromatic N) is 2. The molecular weight excluding hydrogens is 346 g/mol. The van der Waals surface area contributed by atoms with Gasteiger partial charge in [-0.15, -0.1) is 0 Å². The van der Waals surface area contributed by atoms with Crippen molar-refractivity contribution in [2.24, 2.45) is 11.0 Å². The third-order valence-electron chi connectivity index (χ3n) is 5.84. The summed E-state index contributed by atoms with van der Waals surface area (Å²) in [5, 5.41) is 5.33. The van der Waals surface area contributed by atoms with Gasteiger partial charge in [-0.25, -0.2) is 0 Å². The molecule has 1 N–H and O–H groups in total. The summed E-state index contributed by atoms with van der Waals surface area (Å²) in [4.78, 5) is 2.57. The van der Waals surface area contributed by atoms with Crippen molar-refractivity contribution in [2.45, 2.75) is 31.5 Å². The SMILES string of the molecule is Clc1cc(C2NN=C3C4CCN(CC4)C32)ccc1OCc1ccccc1. The fourth-order valence-electron chi connectivity index (χ4n) is 4.48. The first-order chi connectivity index (χ1) is 12.8. The second-order valence-electron chi connectivity index (χ2n) is 7.36. The normalized spacial score (nSPS) is 29.0. The van der Waals surface area contributed by atoms with E-state index in [9.17, 15) is 0 Å². The molecule has 2 aromatic carbocycles. The van der Waals surface area contributed by atoms with Crippen molar-refractivity contribution in [3.8, 4) is 5.75 Å². The summed E-state index contributed by atoms with van der Waals surface area (Å²) < 4.78 is 5.91. The number of hydrogen-bond acceptors (Lipinski definition) is 4. The highest BCUT2D eigenvalue weighted by atomic mass is 35.5. The zero-order valence-corrected chi connectivity index (χ0v) is 15.3. The standard InChI is InChI=1S/C21H22ClN3O/c22-17-12-16(6-7-18(17)26-13-14-4-2-1-3-5-14)20-21-19(23-24-20)15-8-10-25(21)11-9-15/h1-7,12,15,20-21,24H,8-11,13H2. The van der Waals surface area contributed by atoms with Gasteiger partial charge >= 0.3 is 0 Å². The van der Waals surface area contributed by atoms with Gasteiger partial charge in [0.1, 0.15) is 12.4 Å². The quantitative estimate of drug-likeness (QED) is 0.887. The minimum absolute atomic E-state index is 0.189. The van der Waals surface area contributed by atoms with Gasteiger partial charge in [-0.1, -0.05) is 48.0 Å². The molecule has 4 heterocycles. The second-order valence-corrected chi connectivity index (χ2v) is 7.77. The number of nitrogens with one attached hydrogen (secondary N) is 1. The first kappa shape index (κ1) is 16.2. The van der Waals surface area contributed by atoms with E-state index in [2.05, 4.69) is 33.6 Å². The highest BCUT2D eigenvalue weighted by Gasteiger charge is 2.46. The van der Waals surface area contributed by atoms with Crippen molar-refractivity contribution >= 4 is 17.3 Å². The number of halogens is 1. The topological polar surface area (TPSA) is 36.9 Å². The largest absolute Gasteiger partial charge is 0.487 e. The highest BCUT2D eigenvalue weighted by molar-refractivity contribution is 6.32. The minimum Gasteiger partial charge on any atom is -0.487 e. The Hall–Kier alpha value is -2.04. The molecular formula is C21H22ClN3O. The van der Waals surface area contributed by atoms with E-state index in [0.29, 0.717) is 23.6 Å². The molecule has 0 radical (unpaired) electrons. The molecule has 5 heteroatoms. The number of benzene rings is 2. The maximum Gasteiger partial charge on any atom is 0.138 e. The monoisotopic (exact) mass is 367 g/mol. The molecule has 6 rings (SSSR count). The van der Waals surface area contributed by atoms with Crippen LogP contribution in [0.5, 0.6) is 5.75 Å². The van der Waals surface area contributed by atoms with Gasteiger partial charge in [-0.3, -0.25) is 4.90 Å². The molecule has 4 nitrogen and oxygen atoms in total. The summed E-state index contributed by atoms with van der Waals surface area (Å²) in [6, 6.07) is 16.8. The zero-order chi connectivity index (χ0) is 17.5. The Morgan fingerprint density at radius 2 is 1.92 bits per heavy atom. The lowest BCUT2D eigenvalue weighted by Gasteiger charge is -2.45. The summed E-state index contributed by atoms with van der Waals surface area (Å²) in [6.45, 7) is 2.88. The number of hydrogen-bond donors (Lipinski definition) is 1. The molecule has 3 saturated heterocycles.